The van der Waals surface area contributed by atoms with Crippen LogP contribution >= 0.6 is 0 Å². The maximum Gasteiger partial charge on any atom is 0.335 e. The second kappa shape index (κ2) is 6.27. The molecule has 0 unspecified atom stereocenters. The predicted molar refractivity (Wildman–Crippen MR) is 92.6 cm³/mol. The van der Waals surface area contributed by atoms with Crippen molar-refractivity contribution in [2.24, 2.45) is 0 Å². The summed E-state index contributed by atoms with van der Waals surface area (Å²) in [5, 5.41) is 11.9. The maximum absolute atomic E-state index is 12.8. The van der Waals surface area contributed by atoms with E-state index >= 15 is 0 Å². The van der Waals surface area contributed by atoms with E-state index in [4.69, 9.17) is 9.84 Å². The highest BCUT2D eigenvalue weighted by atomic mass is 16.5. The number of hydrogen-bond acceptors (Lipinski definition) is 4. The molecule has 0 bridgehead atoms. The minimum atomic E-state index is -1.05. The second-order valence-corrected chi connectivity index (χ2v) is 5.60. The van der Waals surface area contributed by atoms with E-state index < -0.39 is 5.97 Å². The molecule has 3 rings (SSSR count). The highest BCUT2D eigenvalue weighted by molar-refractivity contribution is 6.05. The van der Waals surface area contributed by atoms with Crippen molar-refractivity contribution in [3.05, 3.63) is 59.0 Å². The van der Waals surface area contributed by atoms with E-state index in [1.165, 1.54) is 12.1 Å². The number of carboxylic acid groups (broad SMARTS) is 1. The van der Waals surface area contributed by atoms with Crippen molar-refractivity contribution in [3.8, 4) is 5.75 Å². The SMILES string of the molecule is COc1cccn2c(C(=O)Nc3cc(C(=O)O)ccc3C)c(C)nc12. The molecule has 0 spiro atoms. The van der Waals surface area contributed by atoms with Crippen molar-refractivity contribution < 1.29 is 19.4 Å². The first-order valence-electron chi connectivity index (χ1n) is 7.59. The fraction of sp³-hybridized carbons (Fsp3) is 0.167. The van der Waals surface area contributed by atoms with Gasteiger partial charge in [0.15, 0.2) is 11.4 Å². The van der Waals surface area contributed by atoms with Gasteiger partial charge >= 0.3 is 5.97 Å². The molecule has 1 aromatic carbocycles. The highest BCUT2D eigenvalue weighted by Gasteiger charge is 2.19. The van der Waals surface area contributed by atoms with Crippen LogP contribution in [0.4, 0.5) is 5.69 Å². The smallest absolute Gasteiger partial charge is 0.335 e. The van der Waals surface area contributed by atoms with Gasteiger partial charge < -0.3 is 15.2 Å². The van der Waals surface area contributed by atoms with Crippen molar-refractivity contribution in [2.45, 2.75) is 13.8 Å². The first-order valence-corrected chi connectivity index (χ1v) is 7.59. The molecule has 0 saturated carbocycles. The lowest BCUT2D eigenvalue weighted by Crippen LogP contribution is -2.16. The summed E-state index contributed by atoms with van der Waals surface area (Å²) in [6.45, 7) is 3.54. The molecule has 1 amide bonds. The Balaban J connectivity index is 2.03. The summed E-state index contributed by atoms with van der Waals surface area (Å²) in [5.74, 6) is -0.858. The molecule has 0 aliphatic carbocycles. The minimum Gasteiger partial charge on any atom is -0.493 e. The molecule has 0 aliphatic heterocycles. The summed E-state index contributed by atoms with van der Waals surface area (Å²) in [7, 11) is 1.54. The number of pyridine rings is 1. The van der Waals surface area contributed by atoms with Gasteiger partial charge in [0.25, 0.3) is 5.91 Å². The molecule has 7 nitrogen and oxygen atoms in total. The van der Waals surface area contributed by atoms with E-state index in [0.717, 1.165) is 5.56 Å². The van der Waals surface area contributed by atoms with Gasteiger partial charge in [0.2, 0.25) is 0 Å². The Morgan fingerprint density at radius 3 is 2.68 bits per heavy atom. The average molecular weight is 339 g/mol. The Morgan fingerprint density at radius 1 is 1.24 bits per heavy atom. The molecule has 3 aromatic rings. The number of methoxy groups -OCH3 is 1. The fourth-order valence-electron chi connectivity index (χ4n) is 2.66. The molecule has 0 atom stereocenters. The summed E-state index contributed by atoms with van der Waals surface area (Å²) in [4.78, 5) is 28.3. The van der Waals surface area contributed by atoms with Crippen molar-refractivity contribution in [2.75, 3.05) is 12.4 Å². The van der Waals surface area contributed by atoms with Crippen molar-refractivity contribution in [1.29, 1.82) is 0 Å². The van der Waals surface area contributed by atoms with Gasteiger partial charge in [-0.25, -0.2) is 9.78 Å². The van der Waals surface area contributed by atoms with Gasteiger partial charge in [-0.05, 0) is 43.7 Å². The number of carboxylic acids is 1. The number of aryl methyl sites for hydroxylation is 2. The maximum atomic E-state index is 12.8. The third kappa shape index (κ3) is 2.91. The van der Waals surface area contributed by atoms with Crippen molar-refractivity contribution in [1.82, 2.24) is 9.38 Å². The Kier molecular flexibility index (Phi) is 4.14. The molecule has 0 aliphatic rings. The van der Waals surface area contributed by atoms with E-state index in [1.807, 2.05) is 0 Å². The molecular formula is C18H17N3O4. The van der Waals surface area contributed by atoms with Crippen LogP contribution in [0.2, 0.25) is 0 Å². The van der Waals surface area contributed by atoms with E-state index in [1.54, 1.807) is 49.8 Å². The number of carbonyl (C=O) groups is 2. The zero-order valence-corrected chi connectivity index (χ0v) is 14.0. The number of fused-ring (bicyclic) bond motifs is 1. The minimum absolute atomic E-state index is 0.109. The molecule has 0 radical (unpaired) electrons. The largest absolute Gasteiger partial charge is 0.493 e. The lowest BCUT2D eigenvalue weighted by molar-refractivity contribution is 0.0696. The normalized spacial score (nSPS) is 10.7. The molecule has 0 saturated heterocycles. The number of aromatic nitrogens is 2. The summed E-state index contributed by atoms with van der Waals surface area (Å²) in [6.07, 6.45) is 1.73. The molecule has 7 heteroatoms. The molecule has 2 heterocycles. The van der Waals surface area contributed by atoms with Crippen molar-refractivity contribution >= 4 is 23.2 Å². The number of anilines is 1. The number of aromatic carboxylic acids is 1. The number of nitrogens with zero attached hydrogens (tertiary/aromatic N) is 2. The highest BCUT2D eigenvalue weighted by Crippen LogP contribution is 2.23. The molecule has 2 aromatic heterocycles. The number of rotatable bonds is 4. The van der Waals surface area contributed by atoms with Crippen LogP contribution in [0.3, 0.4) is 0 Å². The standard InChI is InChI=1S/C18H17N3O4/c1-10-6-7-12(18(23)24)9-13(10)20-17(22)15-11(2)19-16-14(25-3)5-4-8-21(15)16/h4-9H,1-3H3,(H,20,22)(H,23,24). The number of benzene rings is 1. The molecule has 25 heavy (non-hydrogen) atoms. The van der Waals surface area contributed by atoms with Gasteiger partial charge in [-0.2, -0.15) is 0 Å². The van der Waals surface area contributed by atoms with E-state index in [-0.39, 0.29) is 11.5 Å². The van der Waals surface area contributed by atoms with Gasteiger partial charge in [0.1, 0.15) is 5.69 Å². The monoisotopic (exact) mass is 339 g/mol. The molecule has 128 valence electrons. The molecular weight excluding hydrogens is 322 g/mol. The number of amides is 1. The Bertz CT molecular complexity index is 991. The van der Waals surface area contributed by atoms with E-state index in [2.05, 4.69) is 10.3 Å². The van der Waals surface area contributed by atoms with Gasteiger partial charge in [-0.15, -0.1) is 0 Å². The average Bonchev–Trinajstić information content (AvgIpc) is 2.92. The van der Waals surface area contributed by atoms with E-state index in [9.17, 15) is 9.59 Å². The van der Waals surface area contributed by atoms with Gasteiger partial charge in [0.05, 0.1) is 18.4 Å². The number of imidazole rings is 1. The summed E-state index contributed by atoms with van der Waals surface area (Å²) >= 11 is 0. The van der Waals surface area contributed by atoms with Gasteiger partial charge in [0, 0.05) is 11.9 Å². The Hall–Kier alpha value is -3.35. The van der Waals surface area contributed by atoms with Crippen LogP contribution in [0.25, 0.3) is 5.65 Å². The summed E-state index contributed by atoms with van der Waals surface area (Å²) in [6, 6.07) is 8.12. The first-order chi connectivity index (χ1) is 11.9. The quantitative estimate of drug-likeness (QED) is 0.762. The lowest BCUT2D eigenvalue weighted by atomic mass is 10.1. The van der Waals surface area contributed by atoms with Crippen molar-refractivity contribution in [3.63, 3.8) is 0 Å². The van der Waals surface area contributed by atoms with Crippen LogP contribution in [0.1, 0.15) is 32.1 Å². The molecule has 0 fully saturated rings. The zero-order valence-electron chi connectivity index (χ0n) is 14.0. The number of carbonyl (C=O) groups excluding carboxylic acids is 1. The van der Waals surface area contributed by atoms with Crippen LogP contribution in [-0.4, -0.2) is 33.5 Å². The third-order valence-electron chi connectivity index (χ3n) is 3.96. The topological polar surface area (TPSA) is 92.9 Å². The van der Waals surface area contributed by atoms with Gasteiger partial charge in [-0.3, -0.25) is 9.20 Å². The van der Waals surface area contributed by atoms with Gasteiger partial charge in [-0.1, -0.05) is 6.07 Å². The van der Waals surface area contributed by atoms with Crippen LogP contribution in [0, 0.1) is 13.8 Å². The first kappa shape index (κ1) is 16.5. The van der Waals surface area contributed by atoms with E-state index in [0.29, 0.717) is 28.5 Å². The molecule has 2 N–H and O–H groups in total. The summed E-state index contributed by atoms with van der Waals surface area (Å²) in [5.41, 5.74) is 2.79. The number of nitrogens with one attached hydrogen (secondary N) is 1. The number of ether oxygens (including phenoxy) is 1. The summed E-state index contributed by atoms with van der Waals surface area (Å²) < 4.78 is 6.93. The fourth-order valence-corrected chi connectivity index (χ4v) is 2.66. The predicted octanol–water partition coefficient (Wildman–Crippen LogP) is 2.91. The Labute approximate surface area is 143 Å². The zero-order chi connectivity index (χ0) is 18.1. The van der Waals surface area contributed by atoms with Crippen LogP contribution < -0.4 is 10.1 Å². The number of hydrogen-bond donors (Lipinski definition) is 2. The third-order valence-corrected chi connectivity index (χ3v) is 3.96. The van der Waals surface area contributed by atoms with Crippen LogP contribution in [0.15, 0.2) is 36.5 Å². The Morgan fingerprint density at radius 2 is 2.00 bits per heavy atom. The van der Waals surface area contributed by atoms with Crippen LogP contribution in [0.5, 0.6) is 5.75 Å². The van der Waals surface area contributed by atoms with Crippen LogP contribution in [-0.2, 0) is 0 Å². The lowest BCUT2D eigenvalue weighted by Gasteiger charge is -2.10. The second-order valence-electron chi connectivity index (χ2n) is 5.60.